The minimum Gasteiger partial charge on any atom is -0.459 e. The van der Waals surface area contributed by atoms with Crippen LogP contribution in [0.15, 0.2) is 74.4 Å². The van der Waals surface area contributed by atoms with E-state index in [1.54, 1.807) is 13.8 Å². The third-order valence-corrected chi connectivity index (χ3v) is 29.4. The molecule has 0 spiro atoms. The van der Waals surface area contributed by atoms with Crippen LogP contribution in [0.2, 0.25) is 0 Å². The van der Waals surface area contributed by atoms with Gasteiger partial charge in [0.25, 0.3) is 0 Å². The van der Waals surface area contributed by atoms with Gasteiger partial charge in [-0.2, -0.15) is 0 Å². The average Bonchev–Trinajstić information content (AvgIpc) is 0.797. The van der Waals surface area contributed by atoms with E-state index in [-0.39, 0.29) is 47.8 Å². The van der Waals surface area contributed by atoms with Gasteiger partial charge < -0.3 is 29.9 Å². The Hall–Kier alpha value is -4.74. The minimum absolute atomic E-state index is 0.0208. The highest BCUT2D eigenvalue weighted by atomic mass is 16.5. The molecular weight excluding hydrogens is 1180 g/mol. The van der Waals surface area contributed by atoms with E-state index >= 15 is 0 Å². The summed E-state index contributed by atoms with van der Waals surface area (Å²) in [7, 11) is 3.96. The van der Waals surface area contributed by atoms with Gasteiger partial charge in [-0.1, -0.05) is 39.5 Å². The summed E-state index contributed by atoms with van der Waals surface area (Å²) in [5.74, 6) is 20.3. The molecule has 24 bridgehead atoms. The fourth-order valence-corrected chi connectivity index (χ4v) is 27.1. The minimum atomic E-state index is -0.229. The van der Waals surface area contributed by atoms with Crippen LogP contribution >= 0.6 is 0 Å². The summed E-state index contributed by atoms with van der Waals surface area (Å²) in [5, 5.41) is 6.38. The number of hydrogen-bond donors (Lipinski definition) is 2. The van der Waals surface area contributed by atoms with E-state index in [2.05, 4.69) is 50.1 Å². The molecule has 24 saturated carbocycles. The number of esters is 2. The molecule has 24 rings (SSSR count). The SMILES string of the molecule is C=C(C)C(=O)N(C)C1C2CC3CC(C2)CC1C3.C=C(C)C(=O)NC1C2CC3CC(C2)CC1C3.C=C(C)C(=O)OC1C2CC3CC(C2)CC1C3.C=CC(=O)N(C)C1C2CC3CC(C2)CC1C3.C=CC(=O)NC1C2CC3CC(C2)CC1C3.C=CC(=O)OC1C2CC3CC(C2)CC1C3. The van der Waals surface area contributed by atoms with Gasteiger partial charge in [-0.05, 0) is 368 Å². The number of carbonyl (C=O) groups excluding carboxylic acids is 6. The van der Waals surface area contributed by atoms with Gasteiger partial charge in [-0.25, -0.2) is 9.59 Å². The van der Waals surface area contributed by atoms with Crippen molar-refractivity contribution in [1.82, 2.24) is 20.4 Å². The van der Waals surface area contributed by atoms with Gasteiger partial charge >= 0.3 is 11.9 Å². The molecule has 24 aliphatic rings. The second-order valence-corrected chi connectivity index (χ2v) is 36.2. The van der Waals surface area contributed by atoms with Crippen LogP contribution in [0.25, 0.3) is 0 Å². The van der Waals surface area contributed by atoms with Crippen LogP contribution in [0.5, 0.6) is 0 Å². The number of hydrogen-bond acceptors (Lipinski definition) is 8. The summed E-state index contributed by atoms with van der Waals surface area (Å²) < 4.78 is 11.2. The highest BCUT2D eigenvalue weighted by molar-refractivity contribution is 5.93. The first-order chi connectivity index (χ1) is 45.5. The molecule has 24 fully saturated rings. The highest BCUT2D eigenvalue weighted by Gasteiger charge is 2.55. The van der Waals surface area contributed by atoms with Crippen molar-refractivity contribution in [2.75, 3.05) is 14.1 Å². The molecule has 0 aromatic rings. The maximum Gasteiger partial charge on any atom is 0.333 e. The zero-order chi connectivity index (χ0) is 66.8. The number of rotatable bonds is 12. The summed E-state index contributed by atoms with van der Waals surface area (Å²) in [4.78, 5) is 73.8. The van der Waals surface area contributed by atoms with Crippen molar-refractivity contribution in [3.05, 3.63) is 74.4 Å². The zero-order valence-corrected chi connectivity index (χ0v) is 59.2. The number of likely N-dealkylation sites (N-methyl/N-ethyl adjacent to an activating group) is 2. The monoisotopic (exact) mass is 1300 g/mol. The summed E-state index contributed by atoms with van der Waals surface area (Å²) in [5.41, 5.74) is 1.86. The number of amides is 4. The predicted octanol–water partition coefficient (Wildman–Crippen LogP) is 15.4. The average molecular weight is 1300 g/mol. The Morgan fingerprint density at radius 3 is 0.895 bits per heavy atom. The van der Waals surface area contributed by atoms with Crippen LogP contribution in [-0.2, 0) is 38.2 Å². The van der Waals surface area contributed by atoms with E-state index in [4.69, 9.17) is 9.47 Å². The van der Waals surface area contributed by atoms with Crippen LogP contribution < -0.4 is 10.6 Å². The molecule has 0 aliphatic heterocycles. The summed E-state index contributed by atoms with van der Waals surface area (Å²) in [6.45, 7) is 27.2. The Morgan fingerprint density at radius 1 is 0.337 bits per heavy atom. The van der Waals surface area contributed by atoms with Crippen LogP contribution in [-0.4, -0.2) is 95.8 Å². The molecule has 12 heteroatoms. The third-order valence-electron chi connectivity index (χ3n) is 29.4. The normalized spacial score (nSPS) is 44.8. The van der Waals surface area contributed by atoms with Gasteiger partial charge in [0.05, 0.1) is 0 Å². The van der Waals surface area contributed by atoms with E-state index in [0.29, 0.717) is 64.6 Å². The fraction of sp³-hybridized carbons (Fsp3) is 0.783. The topological polar surface area (TPSA) is 151 Å². The number of nitrogens with one attached hydrogen (secondary N) is 2. The molecule has 0 aromatic heterocycles. The van der Waals surface area contributed by atoms with E-state index in [1.807, 2.05) is 30.8 Å². The molecule has 95 heavy (non-hydrogen) atoms. The molecule has 0 unspecified atom stereocenters. The zero-order valence-electron chi connectivity index (χ0n) is 59.2. The van der Waals surface area contributed by atoms with E-state index in [1.165, 1.54) is 211 Å². The molecule has 0 atom stereocenters. The van der Waals surface area contributed by atoms with Gasteiger partial charge in [0, 0.05) is 61.1 Å². The van der Waals surface area contributed by atoms with Gasteiger partial charge in [-0.3, -0.25) is 19.2 Å². The summed E-state index contributed by atoms with van der Waals surface area (Å²) >= 11 is 0. The number of ether oxygens (including phenoxy) is 2. The van der Waals surface area contributed by atoms with Crippen molar-refractivity contribution in [2.24, 2.45) is 142 Å². The van der Waals surface area contributed by atoms with Crippen molar-refractivity contribution in [2.45, 2.75) is 250 Å². The molecule has 0 heterocycles. The van der Waals surface area contributed by atoms with Crippen molar-refractivity contribution in [3.8, 4) is 0 Å². The first kappa shape index (κ1) is 68.8. The van der Waals surface area contributed by atoms with Crippen molar-refractivity contribution >= 4 is 35.6 Å². The lowest BCUT2D eigenvalue weighted by Gasteiger charge is -2.56. The van der Waals surface area contributed by atoms with Crippen LogP contribution in [0.1, 0.15) is 213 Å². The molecule has 522 valence electrons. The van der Waals surface area contributed by atoms with Gasteiger partial charge in [0.2, 0.25) is 23.6 Å². The number of nitrogens with zero attached hydrogens (tertiary/aromatic N) is 2. The maximum atomic E-state index is 12.1. The first-order valence-corrected chi connectivity index (χ1v) is 38.9. The molecule has 4 amide bonds. The Bertz CT molecular complexity index is 2640. The van der Waals surface area contributed by atoms with Crippen molar-refractivity contribution < 1.29 is 38.2 Å². The van der Waals surface area contributed by atoms with Crippen LogP contribution in [0, 0.1) is 142 Å². The molecule has 12 nitrogen and oxygen atoms in total. The summed E-state index contributed by atoms with van der Waals surface area (Å²) in [6, 6.07) is 1.94. The quantitative estimate of drug-likeness (QED) is 0.145. The second-order valence-electron chi connectivity index (χ2n) is 36.2. The molecule has 24 aliphatic carbocycles. The molecule has 2 N–H and O–H groups in total. The lowest BCUT2D eigenvalue weighted by atomic mass is 9.54. The van der Waals surface area contributed by atoms with Crippen molar-refractivity contribution in [3.63, 3.8) is 0 Å². The standard InChI is InChI=1S/C15H23NO.2C14H21NO.C14H20O2.C13H19NO.C13H18O2/c1-9(2)15(17)16(3)14-12-5-10-4-11(7-12)8-13(14)6-10;1-8(2)14(16)15-13-11-4-9-3-10(6-11)7-12(13)5-9;1-3-13(16)15(2)14-11-5-9-4-10(7-11)8-12(14)6-9;1-8(2)14(15)16-13-11-4-9-3-10(6-11)7-12(13)5-9;1-2-12(15)14-13-10-4-8-3-9(6-10)7-11(13)5-8;1-2-12(14)15-13-10-4-8-3-9(6-10)7-11(13)5-8/h10-14H,1,4-8H2,2-3H3;9-13H,1,3-7H2,2H3,(H,15,16);3,9-12,14H,1,4-8H2,2H3;9-13H,1,3-7H2,2H3;2,8-11,13H,1,3-7H2,(H,14,15);2,8-11,13H,1,3-7H2. The highest BCUT2D eigenvalue weighted by Crippen LogP contribution is 2.60. The Morgan fingerprint density at radius 2 is 0.621 bits per heavy atom. The van der Waals surface area contributed by atoms with Crippen molar-refractivity contribution in [1.29, 1.82) is 0 Å². The molecule has 0 radical (unpaired) electrons. The largest absolute Gasteiger partial charge is 0.459 e. The lowest BCUT2D eigenvalue weighted by molar-refractivity contribution is -0.166. The van der Waals surface area contributed by atoms with E-state index < -0.39 is 0 Å². The second kappa shape index (κ2) is 28.8. The molecular formula is C83H122N4O8. The maximum absolute atomic E-state index is 12.1. The van der Waals surface area contributed by atoms with E-state index in [9.17, 15) is 28.8 Å². The Balaban J connectivity index is 0.000000103. The molecule has 0 aromatic carbocycles. The first-order valence-electron chi connectivity index (χ1n) is 38.9. The smallest absolute Gasteiger partial charge is 0.333 e. The fourth-order valence-electron chi connectivity index (χ4n) is 27.1. The summed E-state index contributed by atoms with van der Waals surface area (Å²) in [6.07, 6.45) is 45.5. The third kappa shape index (κ3) is 14.9. The van der Waals surface area contributed by atoms with Gasteiger partial charge in [-0.15, -0.1) is 0 Å². The Kier molecular flexibility index (Phi) is 20.9. The van der Waals surface area contributed by atoms with E-state index in [0.717, 1.165) is 118 Å². The number of carbonyl (C=O) groups is 6. The van der Waals surface area contributed by atoms with Gasteiger partial charge in [0.15, 0.2) is 0 Å². The van der Waals surface area contributed by atoms with Crippen LogP contribution in [0.3, 0.4) is 0 Å². The van der Waals surface area contributed by atoms with Crippen LogP contribution in [0.4, 0.5) is 0 Å². The molecule has 0 saturated heterocycles. The lowest BCUT2D eigenvalue weighted by Crippen LogP contribution is -2.56. The van der Waals surface area contributed by atoms with Gasteiger partial charge in [0.1, 0.15) is 12.2 Å². The Labute approximate surface area is 571 Å². The predicted molar refractivity (Wildman–Crippen MR) is 374 cm³/mol.